The summed E-state index contributed by atoms with van der Waals surface area (Å²) in [5.74, 6) is 5.50. The molecule has 0 aromatic heterocycles. The first-order valence-corrected chi connectivity index (χ1v) is 6.69. The van der Waals surface area contributed by atoms with Crippen molar-refractivity contribution in [2.45, 2.75) is 25.8 Å². The van der Waals surface area contributed by atoms with E-state index in [1.54, 1.807) is 0 Å². The fraction of sp³-hybridized carbons (Fsp3) is 0.875. The largest absolute Gasteiger partial charge is 0.448 e. The summed E-state index contributed by atoms with van der Waals surface area (Å²) in [5.41, 5.74) is 0. The van der Waals surface area contributed by atoms with Gasteiger partial charge in [0.15, 0.2) is 9.84 Å². The van der Waals surface area contributed by atoms with E-state index < -0.39 is 22.0 Å². The van der Waals surface area contributed by atoms with Gasteiger partial charge in [0.25, 0.3) is 0 Å². The van der Waals surface area contributed by atoms with E-state index in [1.807, 2.05) is 6.92 Å². The van der Waals surface area contributed by atoms with Gasteiger partial charge in [0.1, 0.15) is 0 Å². The molecule has 0 radical (unpaired) electrons. The van der Waals surface area contributed by atoms with Crippen molar-refractivity contribution in [1.82, 2.24) is 5.01 Å². The van der Waals surface area contributed by atoms with Crippen LogP contribution in [0, 0.1) is 0 Å². The molecule has 15 heavy (non-hydrogen) atoms. The first kappa shape index (κ1) is 12.3. The number of nitrogens with zero attached hydrogens (tertiary/aromatic N) is 1. The molecule has 6 nitrogen and oxygen atoms in total. The Morgan fingerprint density at radius 2 is 2.27 bits per heavy atom. The summed E-state index contributed by atoms with van der Waals surface area (Å²) in [6, 6.07) is -0.445. The summed E-state index contributed by atoms with van der Waals surface area (Å²) in [7, 11) is -3.02. The molecule has 88 valence electrons. The maximum absolute atomic E-state index is 11.3. The van der Waals surface area contributed by atoms with Gasteiger partial charge in [-0.2, -0.15) is 0 Å². The number of sulfone groups is 1. The zero-order valence-electron chi connectivity index (χ0n) is 8.68. The third-order valence-corrected chi connectivity index (χ3v) is 3.99. The van der Waals surface area contributed by atoms with Gasteiger partial charge in [-0.25, -0.2) is 24.1 Å². The quantitative estimate of drug-likeness (QED) is 0.419. The van der Waals surface area contributed by atoms with Crippen molar-refractivity contribution in [3.05, 3.63) is 0 Å². The molecular formula is C8H16N2O4S. The highest BCUT2D eigenvalue weighted by Gasteiger charge is 2.33. The maximum atomic E-state index is 11.3. The Hall–Kier alpha value is -0.820. The maximum Gasteiger partial charge on any atom is 0.424 e. The number of hydrogen-bond donors (Lipinski definition) is 1. The molecule has 0 aliphatic carbocycles. The Morgan fingerprint density at radius 3 is 2.73 bits per heavy atom. The average Bonchev–Trinajstić information content (AvgIpc) is 2.54. The summed E-state index contributed by atoms with van der Waals surface area (Å²) in [6.45, 7) is 2.17. The van der Waals surface area contributed by atoms with Gasteiger partial charge in [0, 0.05) is 0 Å². The smallest absolute Gasteiger partial charge is 0.424 e. The highest BCUT2D eigenvalue weighted by Crippen LogP contribution is 2.15. The predicted molar refractivity (Wildman–Crippen MR) is 54.7 cm³/mol. The molecule has 1 rings (SSSR count). The SMILES string of the molecule is CCCOC(=O)N(N)C1CCS(=O)(=O)C1. The number of hydrazine groups is 1. The van der Waals surface area contributed by atoms with Gasteiger partial charge in [-0.05, 0) is 12.8 Å². The van der Waals surface area contributed by atoms with E-state index in [0.717, 1.165) is 5.01 Å². The highest BCUT2D eigenvalue weighted by atomic mass is 32.2. The number of hydrogen-bond acceptors (Lipinski definition) is 5. The van der Waals surface area contributed by atoms with Crippen LogP contribution in [0.1, 0.15) is 19.8 Å². The first-order chi connectivity index (χ1) is 6.96. The third-order valence-electron chi connectivity index (χ3n) is 2.24. The molecule has 1 fully saturated rings. The minimum Gasteiger partial charge on any atom is -0.448 e. The van der Waals surface area contributed by atoms with Crippen LogP contribution in [-0.4, -0.2) is 43.7 Å². The molecule has 1 atom stereocenters. The van der Waals surface area contributed by atoms with Crippen LogP contribution in [0.5, 0.6) is 0 Å². The summed E-state index contributed by atoms with van der Waals surface area (Å²) in [4.78, 5) is 11.3. The van der Waals surface area contributed by atoms with E-state index >= 15 is 0 Å². The van der Waals surface area contributed by atoms with Crippen molar-refractivity contribution < 1.29 is 17.9 Å². The van der Waals surface area contributed by atoms with Gasteiger partial charge in [-0.15, -0.1) is 0 Å². The molecular weight excluding hydrogens is 220 g/mol. The normalized spacial score (nSPS) is 23.7. The van der Waals surface area contributed by atoms with E-state index in [4.69, 9.17) is 10.6 Å². The minimum atomic E-state index is -3.02. The van der Waals surface area contributed by atoms with E-state index in [9.17, 15) is 13.2 Å². The lowest BCUT2D eigenvalue weighted by molar-refractivity contribution is 0.0900. The summed E-state index contributed by atoms with van der Waals surface area (Å²) < 4.78 is 27.1. The summed E-state index contributed by atoms with van der Waals surface area (Å²) >= 11 is 0. The van der Waals surface area contributed by atoms with Crippen molar-refractivity contribution in [2.24, 2.45) is 5.84 Å². The molecule has 0 bridgehead atoms. The summed E-state index contributed by atoms with van der Waals surface area (Å²) in [5, 5.41) is 0.889. The number of rotatable bonds is 3. The molecule has 1 saturated heterocycles. The molecule has 1 aliphatic rings. The molecule has 1 aliphatic heterocycles. The van der Waals surface area contributed by atoms with Crippen LogP contribution in [0.3, 0.4) is 0 Å². The Morgan fingerprint density at radius 1 is 1.60 bits per heavy atom. The number of nitrogens with two attached hydrogens (primary N) is 1. The molecule has 1 heterocycles. The topological polar surface area (TPSA) is 89.7 Å². The van der Waals surface area contributed by atoms with Crippen LogP contribution in [0.4, 0.5) is 4.79 Å². The van der Waals surface area contributed by atoms with Crippen LogP contribution in [-0.2, 0) is 14.6 Å². The lowest BCUT2D eigenvalue weighted by Crippen LogP contribution is -2.46. The zero-order chi connectivity index (χ0) is 11.5. The second kappa shape index (κ2) is 4.80. The van der Waals surface area contributed by atoms with Crippen LogP contribution in [0.2, 0.25) is 0 Å². The fourth-order valence-corrected chi connectivity index (χ4v) is 3.12. The Labute approximate surface area is 89.3 Å². The molecule has 0 saturated carbocycles. The van der Waals surface area contributed by atoms with E-state index in [0.29, 0.717) is 19.4 Å². The Kier molecular flexibility index (Phi) is 3.92. The van der Waals surface area contributed by atoms with Gasteiger partial charge in [-0.3, -0.25) is 0 Å². The summed E-state index contributed by atoms with van der Waals surface area (Å²) in [6.07, 6.45) is 0.446. The lowest BCUT2D eigenvalue weighted by atomic mass is 10.3. The first-order valence-electron chi connectivity index (χ1n) is 4.87. The number of amides is 1. The van der Waals surface area contributed by atoms with Crippen LogP contribution in [0.15, 0.2) is 0 Å². The molecule has 0 aromatic carbocycles. The van der Waals surface area contributed by atoms with E-state index in [-0.39, 0.29) is 11.5 Å². The van der Waals surface area contributed by atoms with Crippen LogP contribution < -0.4 is 5.84 Å². The third kappa shape index (κ3) is 3.35. The standard InChI is InChI=1S/C8H16N2O4S/c1-2-4-14-8(11)10(9)7-3-5-15(12,13)6-7/h7H,2-6,9H2,1H3. The van der Waals surface area contributed by atoms with Crippen LogP contribution in [0.25, 0.3) is 0 Å². The average molecular weight is 236 g/mol. The van der Waals surface area contributed by atoms with Crippen molar-refractivity contribution >= 4 is 15.9 Å². The molecule has 0 aromatic rings. The number of ether oxygens (including phenoxy) is 1. The minimum absolute atomic E-state index is 0.0648. The van der Waals surface area contributed by atoms with E-state index in [1.165, 1.54) is 0 Å². The fourth-order valence-electron chi connectivity index (χ4n) is 1.41. The predicted octanol–water partition coefficient (Wildman–Crippen LogP) is -0.104. The Bertz CT molecular complexity index is 328. The van der Waals surface area contributed by atoms with Gasteiger partial charge < -0.3 is 4.74 Å². The van der Waals surface area contributed by atoms with Crippen molar-refractivity contribution in [3.63, 3.8) is 0 Å². The zero-order valence-corrected chi connectivity index (χ0v) is 9.50. The van der Waals surface area contributed by atoms with Crippen molar-refractivity contribution in [3.8, 4) is 0 Å². The second-order valence-corrected chi connectivity index (χ2v) is 5.81. The second-order valence-electron chi connectivity index (χ2n) is 3.58. The van der Waals surface area contributed by atoms with Crippen molar-refractivity contribution in [2.75, 3.05) is 18.1 Å². The van der Waals surface area contributed by atoms with Gasteiger partial charge in [-0.1, -0.05) is 6.92 Å². The lowest BCUT2D eigenvalue weighted by Gasteiger charge is -2.21. The van der Waals surface area contributed by atoms with Gasteiger partial charge in [0.05, 0.1) is 24.2 Å². The van der Waals surface area contributed by atoms with E-state index in [2.05, 4.69) is 0 Å². The number of carbonyl (C=O) groups excluding carboxylic acids is 1. The molecule has 1 amide bonds. The van der Waals surface area contributed by atoms with Crippen molar-refractivity contribution in [1.29, 1.82) is 0 Å². The van der Waals surface area contributed by atoms with Crippen LogP contribution >= 0.6 is 0 Å². The Balaban J connectivity index is 2.47. The van der Waals surface area contributed by atoms with Gasteiger partial charge in [0.2, 0.25) is 0 Å². The molecule has 2 N–H and O–H groups in total. The monoisotopic (exact) mass is 236 g/mol. The molecule has 1 unspecified atom stereocenters. The number of carbonyl (C=O) groups is 1. The molecule has 0 spiro atoms. The van der Waals surface area contributed by atoms with Gasteiger partial charge >= 0.3 is 6.09 Å². The highest BCUT2D eigenvalue weighted by molar-refractivity contribution is 7.91. The molecule has 7 heteroatoms.